The molecule has 3 aliphatic rings. The zero-order chi connectivity index (χ0) is 15.1. The van der Waals surface area contributed by atoms with Gasteiger partial charge in [-0.05, 0) is 49.5 Å². The molecule has 118 valence electrons. The summed E-state index contributed by atoms with van der Waals surface area (Å²) in [5.74, 6) is 0.738. The molecule has 0 spiro atoms. The summed E-state index contributed by atoms with van der Waals surface area (Å²) in [6, 6.07) is 10.5. The number of morpholine rings is 1. The summed E-state index contributed by atoms with van der Waals surface area (Å²) in [4.78, 5) is 5.05. The highest BCUT2D eigenvalue weighted by molar-refractivity contribution is 5.73. The fraction of sp³-hybridized carbons (Fsp3) is 0.579. The zero-order valence-corrected chi connectivity index (χ0v) is 13.7. The van der Waals surface area contributed by atoms with Gasteiger partial charge in [-0.15, -0.1) is 0 Å². The SMILES string of the molecule is CC(C)N1C[C@@H]2C[C@H]1C=C2c1ccc(N2CCOCC2)cc1. The average molecular weight is 298 g/mol. The van der Waals surface area contributed by atoms with Gasteiger partial charge < -0.3 is 9.64 Å². The third kappa shape index (κ3) is 2.46. The maximum Gasteiger partial charge on any atom is 0.0642 e. The van der Waals surface area contributed by atoms with Crippen LogP contribution in [0.25, 0.3) is 5.57 Å². The second-order valence-corrected chi connectivity index (χ2v) is 7.06. The van der Waals surface area contributed by atoms with Crippen LogP contribution in [0.2, 0.25) is 0 Å². The third-order valence-electron chi connectivity index (χ3n) is 5.44. The number of benzene rings is 1. The summed E-state index contributed by atoms with van der Waals surface area (Å²) in [7, 11) is 0. The van der Waals surface area contributed by atoms with Gasteiger partial charge in [-0.1, -0.05) is 18.2 Å². The molecule has 0 unspecified atom stereocenters. The lowest BCUT2D eigenvalue weighted by atomic mass is 9.95. The largest absolute Gasteiger partial charge is 0.378 e. The van der Waals surface area contributed by atoms with E-state index in [2.05, 4.69) is 54.0 Å². The van der Waals surface area contributed by atoms with Crippen molar-refractivity contribution in [1.29, 1.82) is 0 Å². The molecule has 2 bridgehead atoms. The second-order valence-electron chi connectivity index (χ2n) is 7.06. The number of hydrogen-bond donors (Lipinski definition) is 0. The molecule has 3 nitrogen and oxygen atoms in total. The Kier molecular flexibility index (Phi) is 3.71. The van der Waals surface area contributed by atoms with Crippen molar-refractivity contribution in [2.75, 3.05) is 37.7 Å². The molecular formula is C19H26N2O. The Morgan fingerprint density at radius 3 is 2.41 bits per heavy atom. The van der Waals surface area contributed by atoms with Crippen molar-refractivity contribution in [3.63, 3.8) is 0 Å². The molecule has 22 heavy (non-hydrogen) atoms. The maximum atomic E-state index is 5.43. The van der Waals surface area contributed by atoms with Gasteiger partial charge in [0.1, 0.15) is 0 Å². The van der Waals surface area contributed by atoms with Gasteiger partial charge in [0.25, 0.3) is 0 Å². The van der Waals surface area contributed by atoms with E-state index in [0.717, 1.165) is 32.2 Å². The standard InChI is InChI=1S/C19H26N2O/c1-14(2)21-13-16-11-18(21)12-19(16)15-3-5-17(6-4-15)20-7-9-22-10-8-20/h3-6,12,14,16,18H,7-11,13H2,1-2H3/t16-,18-/m0/s1. The van der Waals surface area contributed by atoms with Crippen molar-refractivity contribution in [2.24, 2.45) is 5.92 Å². The number of hydrogen-bond acceptors (Lipinski definition) is 3. The summed E-state index contributed by atoms with van der Waals surface area (Å²) in [5, 5.41) is 0. The maximum absolute atomic E-state index is 5.43. The third-order valence-corrected chi connectivity index (χ3v) is 5.44. The Hall–Kier alpha value is -1.32. The van der Waals surface area contributed by atoms with Crippen LogP contribution in [0.3, 0.4) is 0 Å². The molecule has 0 radical (unpaired) electrons. The molecule has 0 aromatic heterocycles. The van der Waals surface area contributed by atoms with Crippen LogP contribution in [0.5, 0.6) is 0 Å². The predicted octanol–water partition coefficient (Wildman–Crippen LogP) is 3.02. The van der Waals surface area contributed by atoms with Gasteiger partial charge in [0.15, 0.2) is 0 Å². The van der Waals surface area contributed by atoms with Crippen molar-refractivity contribution in [2.45, 2.75) is 32.4 Å². The summed E-state index contributed by atoms with van der Waals surface area (Å²) in [6.07, 6.45) is 3.83. The number of nitrogens with zero attached hydrogens (tertiary/aromatic N) is 2. The lowest BCUT2D eigenvalue weighted by Crippen LogP contribution is -2.36. The molecule has 2 saturated heterocycles. The smallest absolute Gasteiger partial charge is 0.0642 e. The van der Waals surface area contributed by atoms with E-state index in [1.807, 2.05) is 0 Å². The highest BCUT2D eigenvalue weighted by Gasteiger charge is 2.39. The Morgan fingerprint density at radius 2 is 1.82 bits per heavy atom. The molecule has 2 aliphatic heterocycles. The van der Waals surface area contributed by atoms with E-state index in [4.69, 9.17) is 4.74 Å². The van der Waals surface area contributed by atoms with Gasteiger partial charge in [0.2, 0.25) is 0 Å². The zero-order valence-electron chi connectivity index (χ0n) is 13.7. The molecule has 2 heterocycles. The van der Waals surface area contributed by atoms with Crippen LogP contribution in [0.15, 0.2) is 30.3 Å². The van der Waals surface area contributed by atoms with Crippen LogP contribution < -0.4 is 4.90 Å². The van der Waals surface area contributed by atoms with E-state index in [9.17, 15) is 0 Å². The fourth-order valence-corrected chi connectivity index (χ4v) is 4.24. The number of fused-ring (bicyclic) bond motifs is 2. The minimum absolute atomic E-state index is 0.663. The van der Waals surface area contributed by atoms with Crippen LogP contribution in [0.1, 0.15) is 25.8 Å². The molecule has 0 amide bonds. The Morgan fingerprint density at radius 1 is 1.09 bits per heavy atom. The van der Waals surface area contributed by atoms with E-state index >= 15 is 0 Å². The topological polar surface area (TPSA) is 15.7 Å². The Labute approximate surface area is 133 Å². The lowest BCUT2D eigenvalue weighted by molar-refractivity contribution is 0.122. The number of rotatable bonds is 3. The summed E-state index contributed by atoms with van der Waals surface area (Å²) >= 11 is 0. The molecule has 1 aromatic carbocycles. The van der Waals surface area contributed by atoms with Crippen LogP contribution in [-0.4, -0.2) is 49.8 Å². The number of anilines is 1. The van der Waals surface area contributed by atoms with Gasteiger partial charge in [0.05, 0.1) is 13.2 Å². The molecule has 0 N–H and O–H groups in total. The van der Waals surface area contributed by atoms with Gasteiger partial charge in [-0.25, -0.2) is 0 Å². The van der Waals surface area contributed by atoms with Crippen molar-refractivity contribution in [1.82, 2.24) is 4.90 Å². The second kappa shape index (κ2) is 5.71. The monoisotopic (exact) mass is 298 g/mol. The summed E-state index contributed by atoms with van der Waals surface area (Å²) in [6.45, 7) is 9.58. The number of ether oxygens (including phenoxy) is 1. The van der Waals surface area contributed by atoms with Crippen molar-refractivity contribution < 1.29 is 4.74 Å². The summed E-state index contributed by atoms with van der Waals surface area (Å²) in [5.41, 5.74) is 4.34. The van der Waals surface area contributed by atoms with E-state index in [-0.39, 0.29) is 0 Å². The highest BCUT2D eigenvalue weighted by Crippen LogP contribution is 2.43. The normalized spacial score (nSPS) is 28.5. The van der Waals surface area contributed by atoms with Gasteiger partial charge in [-0.3, -0.25) is 4.90 Å². The number of likely N-dealkylation sites (tertiary alicyclic amines) is 1. The molecule has 0 saturated carbocycles. The molecule has 2 fully saturated rings. The van der Waals surface area contributed by atoms with Crippen LogP contribution in [0.4, 0.5) is 5.69 Å². The van der Waals surface area contributed by atoms with Crippen LogP contribution in [-0.2, 0) is 4.74 Å². The Bertz CT molecular complexity index is 557. The minimum Gasteiger partial charge on any atom is -0.378 e. The molecule has 4 rings (SSSR count). The molecule has 1 aromatic rings. The molecule has 3 heteroatoms. The van der Waals surface area contributed by atoms with E-state index in [1.54, 1.807) is 5.57 Å². The lowest BCUT2D eigenvalue weighted by Gasteiger charge is -2.30. The first-order valence-electron chi connectivity index (χ1n) is 8.63. The minimum atomic E-state index is 0.663. The first-order chi connectivity index (χ1) is 10.7. The van der Waals surface area contributed by atoms with E-state index in [1.165, 1.54) is 24.2 Å². The van der Waals surface area contributed by atoms with E-state index in [0.29, 0.717) is 12.1 Å². The van der Waals surface area contributed by atoms with Gasteiger partial charge in [-0.2, -0.15) is 0 Å². The van der Waals surface area contributed by atoms with Crippen molar-refractivity contribution in [3.8, 4) is 0 Å². The Balaban J connectivity index is 1.50. The van der Waals surface area contributed by atoms with Gasteiger partial charge in [0, 0.05) is 37.4 Å². The quantitative estimate of drug-likeness (QED) is 0.853. The molecular weight excluding hydrogens is 272 g/mol. The highest BCUT2D eigenvalue weighted by atomic mass is 16.5. The average Bonchev–Trinajstić information content (AvgIpc) is 3.16. The fourth-order valence-electron chi connectivity index (χ4n) is 4.24. The first kappa shape index (κ1) is 14.3. The van der Waals surface area contributed by atoms with Gasteiger partial charge >= 0.3 is 0 Å². The van der Waals surface area contributed by atoms with E-state index < -0.39 is 0 Å². The van der Waals surface area contributed by atoms with Crippen LogP contribution >= 0.6 is 0 Å². The van der Waals surface area contributed by atoms with Crippen molar-refractivity contribution in [3.05, 3.63) is 35.9 Å². The predicted molar refractivity (Wildman–Crippen MR) is 91.2 cm³/mol. The van der Waals surface area contributed by atoms with Crippen LogP contribution in [0, 0.1) is 5.92 Å². The first-order valence-corrected chi connectivity index (χ1v) is 8.63. The molecule has 1 aliphatic carbocycles. The molecule has 2 atom stereocenters. The van der Waals surface area contributed by atoms with Crippen molar-refractivity contribution >= 4 is 11.3 Å². The summed E-state index contributed by atoms with van der Waals surface area (Å²) < 4.78 is 5.43.